The van der Waals surface area contributed by atoms with Crippen molar-refractivity contribution in [1.82, 2.24) is 5.01 Å². The van der Waals surface area contributed by atoms with Crippen molar-refractivity contribution in [3.05, 3.63) is 106 Å². The molecule has 1 aliphatic heterocycles. The lowest BCUT2D eigenvalue weighted by Crippen LogP contribution is -2.39. The van der Waals surface area contributed by atoms with Crippen LogP contribution in [0.15, 0.2) is 82.9 Å². The van der Waals surface area contributed by atoms with Crippen molar-refractivity contribution in [2.45, 2.75) is 39.7 Å². The van der Waals surface area contributed by atoms with Gasteiger partial charge in [0.1, 0.15) is 5.84 Å². The standard InChI is InChI=1S/C28H32N4/c1-20-10-14-24(15-11-20)27-28(4,25-8-6-5-7-9-25)19-32(31-27)26(17-29)30-18-23-13-12-21(2)22(3)16-23/h5-16H,17-19,29H2,1-4H3. The highest BCUT2D eigenvalue weighted by Crippen LogP contribution is 2.35. The largest absolute Gasteiger partial charge is 0.324 e. The van der Waals surface area contributed by atoms with Crippen LogP contribution in [0.3, 0.4) is 0 Å². The zero-order valence-corrected chi connectivity index (χ0v) is 19.5. The average Bonchev–Trinajstić information content (AvgIpc) is 3.16. The smallest absolute Gasteiger partial charge is 0.134 e. The van der Waals surface area contributed by atoms with Gasteiger partial charge < -0.3 is 5.73 Å². The van der Waals surface area contributed by atoms with Crippen molar-refractivity contribution in [2.75, 3.05) is 13.1 Å². The highest BCUT2D eigenvalue weighted by atomic mass is 15.5. The van der Waals surface area contributed by atoms with Crippen LogP contribution in [0.25, 0.3) is 0 Å². The maximum Gasteiger partial charge on any atom is 0.134 e. The van der Waals surface area contributed by atoms with Gasteiger partial charge in [0.25, 0.3) is 0 Å². The number of benzene rings is 3. The number of nitrogens with two attached hydrogens (primary N) is 1. The van der Waals surface area contributed by atoms with E-state index < -0.39 is 0 Å². The number of nitrogens with zero attached hydrogens (tertiary/aromatic N) is 3. The van der Waals surface area contributed by atoms with E-state index in [1.165, 1.54) is 27.8 Å². The van der Waals surface area contributed by atoms with Gasteiger partial charge in [0.05, 0.1) is 30.8 Å². The Labute approximate surface area is 191 Å². The molecule has 32 heavy (non-hydrogen) atoms. The van der Waals surface area contributed by atoms with Gasteiger partial charge in [-0.15, -0.1) is 0 Å². The van der Waals surface area contributed by atoms with E-state index in [0.717, 1.165) is 17.1 Å². The highest BCUT2D eigenvalue weighted by Gasteiger charge is 2.41. The second kappa shape index (κ2) is 9.09. The minimum absolute atomic E-state index is 0.257. The summed E-state index contributed by atoms with van der Waals surface area (Å²) in [7, 11) is 0. The molecule has 2 N–H and O–H groups in total. The molecule has 4 nitrogen and oxygen atoms in total. The summed E-state index contributed by atoms with van der Waals surface area (Å²) in [5.74, 6) is 0.812. The Kier molecular flexibility index (Phi) is 6.24. The predicted octanol–water partition coefficient (Wildman–Crippen LogP) is 5.15. The quantitative estimate of drug-likeness (QED) is 0.455. The molecule has 0 bridgehead atoms. The summed E-state index contributed by atoms with van der Waals surface area (Å²) in [6, 6.07) is 25.7. The third-order valence-electron chi connectivity index (χ3n) is 6.44. The van der Waals surface area contributed by atoms with Crippen molar-refractivity contribution >= 4 is 11.5 Å². The molecule has 0 fully saturated rings. The van der Waals surface area contributed by atoms with Crippen LogP contribution in [0.5, 0.6) is 0 Å². The van der Waals surface area contributed by atoms with E-state index in [9.17, 15) is 0 Å². The van der Waals surface area contributed by atoms with E-state index in [1.807, 2.05) is 5.01 Å². The first-order chi connectivity index (χ1) is 15.4. The highest BCUT2D eigenvalue weighted by molar-refractivity contribution is 6.10. The fourth-order valence-electron chi connectivity index (χ4n) is 4.25. The summed E-state index contributed by atoms with van der Waals surface area (Å²) in [6.45, 7) is 10.3. The number of rotatable bonds is 5. The molecule has 1 heterocycles. The molecule has 0 aromatic heterocycles. The van der Waals surface area contributed by atoms with E-state index in [1.54, 1.807) is 0 Å². The van der Waals surface area contributed by atoms with Crippen molar-refractivity contribution in [2.24, 2.45) is 15.8 Å². The summed E-state index contributed by atoms with van der Waals surface area (Å²) >= 11 is 0. The number of hydrazone groups is 1. The lowest BCUT2D eigenvalue weighted by atomic mass is 9.76. The number of amidine groups is 1. The van der Waals surface area contributed by atoms with Gasteiger partial charge in [0, 0.05) is 0 Å². The van der Waals surface area contributed by atoms with Gasteiger partial charge in [-0.25, -0.2) is 5.01 Å². The first kappa shape index (κ1) is 22.0. The lowest BCUT2D eigenvalue weighted by Gasteiger charge is -2.27. The van der Waals surface area contributed by atoms with Crippen LogP contribution in [0.4, 0.5) is 0 Å². The molecule has 4 heteroatoms. The van der Waals surface area contributed by atoms with E-state index in [4.69, 9.17) is 15.8 Å². The first-order valence-electron chi connectivity index (χ1n) is 11.2. The van der Waals surface area contributed by atoms with Crippen molar-refractivity contribution in [1.29, 1.82) is 0 Å². The van der Waals surface area contributed by atoms with Gasteiger partial charge in [0.15, 0.2) is 0 Å². The molecule has 1 aliphatic rings. The fraction of sp³-hybridized carbons (Fsp3) is 0.286. The molecule has 3 aromatic rings. The van der Waals surface area contributed by atoms with Gasteiger partial charge in [-0.2, -0.15) is 5.10 Å². The third-order valence-corrected chi connectivity index (χ3v) is 6.44. The van der Waals surface area contributed by atoms with E-state index in [-0.39, 0.29) is 5.41 Å². The van der Waals surface area contributed by atoms with Crippen LogP contribution < -0.4 is 5.73 Å². The van der Waals surface area contributed by atoms with Gasteiger partial charge >= 0.3 is 0 Å². The Morgan fingerprint density at radius 1 is 0.969 bits per heavy atom. The molecule has 1 unspecified atom stereocenters. The molecule has 0 spiro atoms. The van der Waals surface area contributed by atoms with Crippen molar-refractivity contribution in [3.63, 3.8) is 0 Å². The van der Waals surface area contributed by atoms with Gasteiger partial charge in [-0.3, -0.25) is 4.99 Å². The number of hydrogen-bond acceptors (Lipinski definition) is 3. The van der Waals surface area contributed by atoms with E-state index >= 15 is 0 Å². The van der Waals surface area contributed by atoms with Crippen LogP contribution in [-0.2, 0) is 12.0 Å². The molecule has 164 valence electrons. The number of aryl methyl sites for hydroxylation is 3. The van der Waals surface area contributed by atoms with Gasteiger partial charge in [0.2, 0.25) is 0 Å². The third kappa shape index (κ3) is 4.37. The topological polar surface area (TPSA) is 54.0 Å². The normalized spacial score (nSPS) is 18.7. The SMILES string of the molecule is Cc1ccc(C2=NN(C(CN)=NCc3ccc(C)c(C)c3)CC2(C)c2ccccc2)cc1. The van der Waals surface area contributed by atoms with Crippen LogP contribution >= 0.6 is 0 Å². The predicted molar refractivity (Wildman–Crippen MR) is 134 cm³/mol. The molecule has 0 radical (unpaired) electrons. The molecular weight excluding hydrogens is 392 g/mol. The van der Waals surface area contributed by atoms with Gasteiger partial charge in [-0.05, 0) is 55.5 Å². The Balaban J connectivity index is 1.69. The van der Waals surface area contributed by atoms with Crippen LogP contribution in [0, 0.1) is 20.8 Å². The Morgan fingerprint density at radius 2 is 1.69 bits per heavy atom. The van der Waals surface area contributed by atoms with Crippen LogP contribution in [-0.4, -0.2) is 29.6 Å². The summed E-state index contributed by atoms with van der Waals surface area (Å²) < 4.78 is 0. The number of aliphatic imine (C=N–C) groups is 1. The number of hydrogen-bond donors (Lipinski definition) is 1. The van der Waals surface area contributed by atoms with Crippen LogP contribution in [0.2, 0.25) is 0 Å². The van der Waals surface area contributed by atoms with E-state index in [0.29, 0.717) is 19.6 Å². The molecule has 4 rings (SSSR count). The molecule has 0 saturated heterocycles. The second-order valence-corrected chi connectivity index (χ2v) is 8.93. The lowest BCUT2D eigenvalue weighted by molar-refractivity contribution is 0.421. The Hall–Kier alpha value is -3.24. The maximum absolute atomic E-state index is 6.16. The minimum Gasteiger partial charge on any atom is -0.324 e. The molecule has 1 atom stereocenters. The summed E-state index contributed by atoms with van der Waals surface area (Å²) in [6.07, 6.45) is 0. The van der Waals surface area contributed by atoms with Crippen molar-refractivity contribution in [3.8, 4) is 0 Å². The average molecular weight is 425 g/mol. The van der Waals surface area contributed by atoms with E-state index in [2.05, 4.69) is 100 Å². The zero-order chi connectivity index (χ0) is 22.7. The Bertz CT molecular complexity index is 1150. The summed E-state index contributed by atoms with van der Waals surface area (Å²) in [4.78, 5) is 4.88. The maximum atomic E-state index is 6.16. The fourth-order valence-corrected chi connectivity index (χ4v) is 4.25. The zero-order valence-electron chi connectivity index (χ0n) is 19.5. The molecule has 0 saturated carbocycles. The second-order valence-electron chi connectivity index (χ2n) is 8.93. The Morgan fingerprint density at radius 3 is 2.34 bits per heavy atom. The molecular formula is C28H32N4. The van der Waals surface area contributed by atoms with Crippen LogP contribution in [0.1, 0.15) is 40.3 Å². The molecule has 0 amide bonds. The van der Waals surface area contributed by atoms with Crippen molar-refractivity contribution < 1.29 is 0 Å². The minimum atomic E-state index is -0.257. The molecule has 0 aliphatic carbocycles. The monoisotopic (exact) mass is 424 g/mol. The summed E-state index contributed by atoms with van der Waals surface area (Å²) in [5, 5.41) is 7.08. The van der Waals surface area contributed by atoms with Gasteiger partial charge in [-0.1, -0.05) is 78.4 Å². The first-order valence-corrected chi connectivity index (χ1v) is 11.2. The molecule has 3 aromatic carbocycles. The summed E-state index contributed by atoms with van der Waals surface area (Å²) in [5.41, 5.74) is 14.3.